The summed E-state index contributed by atoms with van der Waals surface area (Å²) in [6, 6.07) is 6.71. The van der Waals surface area contributed by atoms with Gasteiger partial charge in [-0.3, -0.25) is 9.89 Å². The van der Waals surface area contributed by atoms with Crippen molar-refractivity contribution < 1.29 is 13.9 Å². The molecule has 6 heteroatoms. The van der Waals surface area contributed by atoms with Crippen LogP contribution in [0.1, 0.15) is 53.7 Å². The standard InChI is InChI=1S/C18H22FN3O2/c1-11-10-14-16(12(2)24-11)21-22-17(14)18(23)20-9-5-7-13-6-3-4-8-15(13)19/h3-4,6,8,11-12H,5,7,9-10H2,1-2H3,(H,20,23)(H,21,22)/t11-,12+/m1/s1. The fraction of sp³-hybridized carbons (Fsp3) is 0.444. The van der Waals surface area contributed by atoms with Crippen molar-refractivity contribution in [3.05, 3.63) is 52.6 Å². The molecule has 1 amide bonds. The molecule has 0 fully saturated rings. The number of aryl methyl sites for hydroxylation is 1. The summed E-state index contributed by atoms with van der Waals surface area (Å²) >= 11 is 0. The Kier molecular flexibility index (Phi) is 4.94. The predicted molar refractivity (Wildman–Crippen MR) is 88.3 cm³/mol. The average molecular weight is 331 g/mol. The van der Waals surface area contributed by atoms with Gasteiger partial charge in [-0.25, -0.2) is 4.39 Å². The number of nitrogens with zero attached hydrogens (tertiary/aromatic N) is 1. The molecule has 1 aromatic heterocycles. The van der Waals surface area contributed by atoms with Crippen molar-refractivity contribution in [3.8, 4) is 0 Å². The number of H-pyrrole nitrogens is 1. The third-order valence-corrected chi connectivity index (χ3v) is 4.32. The molecule has 0 saturated carbocycles. The molecule has 2 aromatic rings. The molecule has 0 radical (unpaired) electrons. The third kappa shape index (κ3) is 3.48. The van der Waals surface area contributed by atoms with Crippen LogP contribution in [0.5, 0.6) is 0 Å². The van der Waals surface area contributed by atoms with Crippen LogP contribution in [0.25, 0.3) is 0 Å². The summed E-state index contributed by atoms with van der Waals surface area (Å²) in [6.45, 7) is 4.42. The molecule has 2 heterocycles. The van der Waals surface area contributed by atoms with Gasteiger partial charge in [0.15, 0.2) is 5.69 Å². The molecule has 128 valence electrons. The van der Waals surface area contributed by atoms with Gasteiger partial charge >= 0.3 is 0 Å². The number of aromatic nitrogens is 2. The Morgan fingerprint density at radius 1 is 1.42 bits per heavy atom. The van der Waals surface area contributed by atoms with Crippen LogP contribution >= 0.6 is 0 Å². The molecule has 0 saturated heterocycles. The fourth-order valence-electron chi connectivity index (χ4n) is 3.13. The summed E-state index contributed by atoms with van der Waals surface area (Å²) < 4.78 is 19.3. The highest BCUT2D eigenvalue weighted by Gasteiger charge is 2.29. The van der Waals surface area contributed by atoms with Gasteiger partial charge in [0.1, 0.15) is 5.82 Å². The van der Waals surface area contributed by atoms with Crippen LogP contribution < -0.4 is 5.32 Å². The van der Waals surface area contributed by atoms with E-state index in [1.165, 1.54) is 6.07 Å². The summed E-state index contributed by atoms with van der Waals surface area (Å²) in [7, 11) is 0. The molecule has 0 aliphatic carbocycles. The van der Waals surface area contributed by atoms with Gasteiger partial charge in [0.05, 0.1) is 17.9 Å². The van der Waals surface area contributed by atoms with Crippen LogP contribution in [-0.2, 0) is 17.6 Å². The maximum Gasteiger partial charge on any atom is 0.272 e. The highest BCUT2D eigenvalue weighted by Crippen LogP contribution is 2.29. The molecule has 1 aliphatic rings. The number of aromatic amines is 1. The summed E-state index contributed by atoms with van der Waals surface area (Å²) in [4.78, 5) is 12.4. The number of rotatable bonds is 5. The van der Waals surface area contributed by atoms with Crippen LogP contribution in [0, 0.1) is 5.82 Å². The number of ether oxygens (including phenoxy) is 1. The van der Waals surface area contributed by atoms with Gasteiger partial charge < -0.3 is 10.1 Å². The average Bonchev–Trinajstić information content (AvgIpc) is 2.97. The number of fused-ring (bicyclic) bond motifs is 1. The minimum absolute atomic E-state index is 0.0673. The lowest BCUT2D eigenvalue weighted by Crippen LogP contribution is -2.28. The first kappa shape index (κ1) is 16.6. The lowest BCUT2D eigenvalue weighted by molar-refractivity contribution is -0.00697. The van der Waals surface area contributed by atoms with Gasteiger partial charge in [-0.1, -0.05) is 18.2 Å². The van der Waals surface area contributed by atoms with E-state index in [1.807, 2.05) is 19.9 Å². The van der Waals surface area contributed by atoms with Gasteiger partial charge in [0.2, 0.25) is 0 Å². The Morgan fingerprint density at radius 3 is 3.00 bits per heavy atom. The molecule has 1 aliphatic heterocycles. The predicted octanol–water partition coefficient (Wildman–Crippen LogP) is 2.93. The van der Waals surface area contributed by atoms with E-state index in [1.54, 1.807) is 12.1 Å². The van der Waals surface area contributed by atoms with E-state index in [2.05, 4.69) is 15.5 Å². The quantitative estimate of drug-likeness (QED) is 0.828. The Labute approximate surface area is 140 Å². The lowest BCUT2D eigenvalue weighted by Gasteiger charge is -2.25. The van der Waals surface area contributed by atoms with Crippen molar-refractivity contribution >= 4 is 5.91 Å². The first-order valence-electron chi connectivity index (χ1n) is 8.30. The first-order chi connectivity index (χ1) is 11.6. The van der Waals surface area contributed by atoms with Crippen molar-refractivity contribution in [2.45, 2.75) is 45.3 Å². The Bertz CT molecular complexity index is 729. The zero-order valence-electron chi connectivity index (χ0n) is 13.9. The molecule has 2 atom stereocenters. The summed E-state index contributed by atoms with van der Waals surface area (Å²) in [5.41, 5.74) is 2.93. The molecule has 2 N–H and O–H groups in total. The monoisotopic (exact) mass is 331 g/mol. The Hall–Kier alpha value is -2.21. The summed E-state index contributed by atoms with van der Waals surface area (Å²) in [6.07, 6.45) is 1.92. The fourth-order valence-corrected chi connectivity index (χ4v) is 3.13. The maximum absolute atomic E-state index is 13.5. The summed E-state index contributed by atoms with van der Waals surface area (Å²) in [5.74, 6) is -0.393. The zero-order chi connectivity index (χ0) is 17.1. The second kappa shape index (κ2) is 7.13. The highest BCUT2D eigenvalue weighted by atomic mass is 19.1. The smallest absolute Gasteiger partial charge is 0.272 e. The second-order valence-electron chi connectivity index (χ2n) is 6.21. The zero-order valence-corrected chi connectivity index (χ0v) is 13.9. The number of amides is 1. The van der Waals surface area contributed by atoms with Crippen molar-refractivity contribution in [1.82, 2.24) is 15.5 Å². The molecule has 0 spiro atoms. The molecule has 1 aromatic carbocycles. The molecular weight excluding hydrogens is 309 g/mol. The number of carbonyl (C=O) groups excluding carboxylic acids is 1. The number of nitrogens with one attached hydrogen (secondary N) is 2. The van der Waals surface area contributed by atoms with Gasteiger partial charge in [0.25, 0.3) is 5.91 Å². The lowest BCUT2D eigenvalue weighted by atomic mass is 9.99. The number of benzene rings is 1. The number of hydrogen-bond acceptors (Lipinski definition) is 3. The van der Waals surface area contributed by atoms with E-state index in [0.29, 0.717) is 37.1 Å². The van der Waals surface area contributed by atoms with E-state index in [4.69, 9.17) is 4.74 Å². The number of carbonyl (C=O) groups is 1. The first-order valence-corrected chi connectivity index (χ1v) is 8.30. The van der Waals surface area contributed by atoms with Crippen molar-refractivity contribution in [2.24, 2.45) is 0 Å². The number of halogens is 1. The molecular formula is C18H22FN3O2. The van der Waals surface area contributed by atoms with Gasteiger partial charge in [-0.2, -0.15) is 5.10 Å². The normalized spacial score (nSPS) is 19.8. The highest BCUT2D eigenvalue weighted by molar-refractivity contribution is 5.94. The van der Waals surface area contributed by atoms with Crippen LogP contribution in [-0.4, -0.2) is 28.8 Å². The van der Waals surface area contributed by atoms with E-state index in [0.717, 1.165) is 11.3 Å². The SMILES string of the molecule is C[C@@H]1Cc2c(C(=O)NCCCc3ccccc3F)n[nH]c2[C@H](C)O1. The molecule has 0 bridgehead atoms. The topological polar surface area (TPSA) is 67.0 Å². The van der Waals surface area contributed by atoms with E-state index < -0.39 is 0 Å². The van der Waals surface area contributed by atoms with Crippen molar-refractivity contribution in [1.29, 1.82) is 0 Å². The molecule has 5 nitrogen and oxygen atoms in total. The Balaban J connectivity index is 1.56. The van der Waals surface area contributed by atoms with Crippen molar-refractivity contribution in [2.75, 3.05) is 6.54 Å². The second-order valence-corrected chi connectivity index (χ2v) is 6.21. The molecule has 3 rings (SSSR count). The van der Waals surface area contributed by atoms with Gasteiger partial charge in [0, 0.05) is 18.5 Å². The van der Waals surface area contributed by atoms with Crippen LogP contribution in [0.2, 0.25) is 0 Å². The van der Waals surface area contributed by atoms with E-state index in [-0.39, 0.29) is 23.9 Å². The van der Waals surface area contributed by atoms with Crippen LogP contribution in [0.15, 0.2) is 24.3 Å². The van der Waals surface area contributed by atoms with E-state index in [9.17, 15) is 9.18 Å². The van der Waals surface area contributed by atoms with Crippen molar-refractivity contribution in [3.63, 3.8) is 0 Å². The van der Waals surface area contributed by atoms with Gasteiger partial charge in [-0.05, 0) is 38.3 Å². The molecule has 24 heavy (non-hydrogen) atoms. The largest absolute Gasteiger partial charge is 0.369 e. The van der Waals surface area contributed by atoms with Crippen LogP contribution in [0.3, 0.4) is 0 Å². The van der Waals surface area contributed by atoms with Crippen LogP contribution in [0.4, 0.5) is 4.39 Å². The Morgan fingerprint density at radius 2 is 2.21 bits per heavy atom. The molecule has 0 unspecified atom stereocenters. The number of hydrogen-bond donors (Lipinski definition) is 2. The summed E-state index contributed by atoms with van der Waals surface area (Å²) in [5, 5.41) is 9.94. The minimum Gasteiger partial charge on any atom is -0.369 e. The van der Waals surface area contributed by atoms with Gasteiger partial charge in [-0.15, -0.1) is 0 Å². The van der Waals surface area contributed by atoms with E-state index >= 15 is 0 Å². The third-order valence-electron chi connectivity index (χ3n) is 4.32. The minimum atomic E-state index is -0.201. The maximum atomic E-state index is 13.5.